The Morgan fingerprint density at radius 1 is 1.00 bits per heavy atom. The fourth-order valence-electron chi connectivity index (χ4n) is 6.83. The topological polar surface area (TPSA) is 20.2 Å². The molecule has 0 aromatic carbocycles. The van der Waals surface area contributed by atoms with Crippen LogP contribution in [0.2, 0.25) is 0 Å². The minimum atomic E-state index is 0.130. The molecule has 5 atom stereocenters. The highest BCUT2D eigenvalue weighted by atomic mass is 16.3. The van der Waals surface area contributed by atoms with Gasteiger partial charge in [-0.25, -0.2) is 0 Å². The van der Waals surface area contributed by atoms with Crippen LogP contribution in [0.25, 0.3) is 0 Å². The van der Waals surface area contributed by atoms with E-state index in [9.17, 15) is 5.11 Å². The van der Waals surface area contributed by atoms with Crippen molar-refractivity contribution < 1.29 is 5.11 Å². The summed E-state index contributed by atoms with van der Waals surface area (Å²) in [4.78, 5) is 0. The summed E-state index contributed by atoms with van der Waals surface area (Å²) in [5, 5.41) is 9.86. The average molecular weight is 288 g/mol. The first kappa shape index (κ1) is 14.3. The Morgan fingerprint density at radius 2 is 1.86 bits per heavy atom. The van der Waals surface area contributed by atoms with Gasteiger partial charge in [0.2, 0.25) is 0 Å². The van der Waals surface area contributed by atoms with Gasteiger partial charge >= 0.3 is 0 Å². The zero-order valence-corrected chi connectivity index (χ0v) is 14.0. The third-order valence-corrected chi connectivity index (χ3v) is 8.17. The number of fused-ring (bicyclic) bond motifs is 4. The number of aliphatic hydroxyl groups excluding tert-OH is 1. The van der Waals surface area contributed by atoms with Gasteiger partial charge in [0.05, 0.1) is 6.61 Å². The number of hydrogen-bond donors (Lipinski definition) is 1. The van der Waals surface area contributed by atoms with Crippen LogP contribution in [0.4, 0.5) is 0 Å². The third kappa shape index (κ3) is 1.92. The summed E-state index contributed by atoms with van der Waals surface area (Å²) in [6.07, 6.45) is 14.0. The molecule has 2 saturated carbocycles. The van der Waals surface area contributed by atoms with E-state index in [4.69, 9.17) is 0 Å². The summed E-state index contributed by atoms with van der Waals surface area (Å²) < 4.78 is 0. The molecule has 1 nitrogen and oxygen atoms in total. The molecule has 4 aliphatic rings. The van der Waals surface area contributed by atoms with Crippen LogP contribution in [0.1, 0.15) is 78.1 Å². The molecule has 0 aromatic heterocycles. The van der Waals surface area contributed by atoms with Crippen molar-refractivity contribution in [2.75, 3.05) is 6.61 Å². The maximum atomic E-state index is 9.86. The van der Waals surface area contributed by atoms with Gasteiger partial charge in [-0.3, -0.25) is 0 Å². The molecule has 0 bridgehead atoms. The highest BCUT2D eigenvalue weighted by Crippen LogP contribution is 2.63. The second-order valence-electron chi connectivity index (χ2n) is 9.00. The van der Waals surface area contributed by atoms with Crippen LogP contribution >= 0.6 is 0 Å². The van der Waals surface area contributed by atoms with Crippen LogP contribution in [-0.2, 0) is 0 Å². The summed E-state index contributed by atoms with van der Waals surface area (Å²) >= 11 is 0. The van der Waals surface area contributed by atoms with Gasteiger partial charge in [-0.05, 0) is 74.5 Å². The molecule has 0 heterocycles. The SMILES string of the molecule is C[C@]1(CO)CCC2=C1CC[C@H]1[C@H]2CCC2CCCC[C@@]21C. The first-order valence-corrected chi connectivity index (χ1v) is 9.42. The lowest BCUT2D eigenvalue weighted by Gasteiger charge is -2.56. The minimum Gasteiger partial charge on any atom is -0.395 e. The van der Waals surface area contributed by atoms with Crippen molar-refractivity contribution in [1.29, 1.82) is 0 Å². The van der Waals surface area contributed by atoms with Crippen molar-refractivity contribution in [1.82, 2.24) is 0 Å². The molecule has 118 valence electrons. The van der Waals surface area contributed by atoms with Crippen molar-refractivity contribution in [2.24, 2.45) is 28.6 Å². The van der Waals surface area contributed by atoms with Crippen LogP contribution in [-0.4, -0.2) is 11.7 Å². The first-order chi connectivity index (χ1) is 10.1. The minimum absolute atomic E-state index is 0.130. The molecular weight excluding hydrogens is 256 g/mol. The number of hydrogen-bond acceptors (Lipinski definition) is 1. The smallest absolute Gasteiger partial charge is 0.0522 e. The van der Waals surface area contributed by atoms with Gasteiger partial charge in [-0.2, -0.15) is 0 Å². The monoisotopic (exact) mass is 288 g/mol. The van der Waals surface area contributed by atoms with Gasteiger partial charge in [0.1, 0.15) is 0 Å². The molecule has 0 aliphatic heterocycles. The summed E-state index contributed by atoms with van der Waals surface area (Å²) in [7, 11) is 0. The van der Waals surface area contributed by atoms with Gasteiger partial charge in [0.15, 0.2) is 0 Å². The third-order valence-electron chi connectivity index (χ3n) is 8.17. The number of aliphatic hydroxyl groups is 1. The van der Waals surface area contributed by atoms with E-state index in [0.717, 1.165) is 17.8 Å². The van der Waals surface area contributed by atoms with Crippen molar-refractivity contribution in [2.45, 2.75) is 78.1 Å². The summed E-state index contributed by atoms with van der Waals surface area (Å²) in [6.45, 7) is 5.31. The lowest BCUT2D eigenvalue weighted by Crippen LogP contribution is -2.47. The van der Waals surface area contributed by atoms with Gasteiger partial charge in [0, 0.05) is 5.41 Å². The highest BCUT2D eigenvalue weighted by molar-refractivity contribution is 5.33. The molecule has 4 rings (SSSR count). The average Bonchev–Trinajstić information content (AvgIpc) is 2.85. The second kappa shape index (κ2) is 4.85. The predicted octanol–water partition coefficient (Wildman–Crippen LogP) is 5.09. The van der Waals surface area contributed by atoms with Gasteiger partial charge in [-0.1, -0.05) is 37.8 Å². The molecular formula is C20H32O. The normalized spacial score (nSPS) is 49.6. The van der Waals surface area contributed by atoms with Crippen LogP contribution < -0.4 is 0 Å². The van der Waals surface area contributed by atoms with Gasteiger partial charge in [0.25, 0.3) is 0 Å². The number of allylic oxidation sites excluding steroid dienone is 1. The molecule has 0 radical (unpaired) electrons. The molecule has 1 unspecified atom stereocenters. The largest absolute Gasteiger partial charge is 0.395 e. The van der Waals surface area contributed by atoms with Crippen LogP contribution in [0.3, 0.4) is 0 Å². The second-order valence-corrected chi connectivity index (χ2v) is 9.00. The van der Waals surface area contributed by atoms with E-state index >= 15 is 0 Å². The fraction of sp³-hybridized carbons (Fsp3) is 0.900. The van der Waals surface area contributed by atoms with Crippen molar-refractivity contribution >= 4 is 0 Å². The van der Waals surface area contributed by atoms with E-state index in [-0.39, 0.29) is 5.41 Å². The molecule has 0 saturated heterocycles. The van der Waals surface area contributed by atoms with E-state index < -0.39 is 0 Å². The highest BCUT2D eigenvalue weighted by Gasteiger charge is 2.53. The predicted molar refractivity (Wildman–Crippen MR) is 87.0 cm³/mol. The summed E-state index contributed by atoms with van der Waals surface area (Å²) in [5.41, 5.74) is 4.26. The molecule has 21 heavy (non-hydrogen) atoms. The maximum Gasteiger partial charge on any atom is 0.0522 e. The van der Waals surface area contributed by atoms with Crippen molar-refractivity contribution in [3.8, 4) is 0 Å². The van der Waals surface area contributed by atoms with Crippen LogP contribution in [0.5, 0.6) is 0 Å². The lowest BCUT2D eigenvalue weighted by molar-refractivity contribution is -0.0334. The molecule has 1 heteroatoms. The van der Waals surface area contributed by atoms with Crippen LogP contribution in [0, 0.1) is 28.6 Å². The molecule has 0 amide bonds. The number of rotatable bonds is 1. The summed E-state index contributed by atoms with van der Waals surface area (Å²) in [6, 6.07) is 0. The molecule has 0 aromatic rings. The Hall–Kier alpha value is -0.300. The van der Waals surface area contributed by atoms with E-state index in [1.54, 1.807) is 5.57 Å². The zero-order chi connectivity index (χ0) is 14.7. The zero-order valence-electron chi connectivity index (χ0n) is 14.0. The molecule has 0 spiro atoms. The first-order valence-electron chi connectivity index (χ1n) is 9.42. The van der Waals surface area contributed by atoms with Crippen LogP contribution in [0.15, 0.2) is 11.1 Å². The van der Waals surface area contributed by atoms with Crippen molar-refractivity contribution in [3.63, 3.8) is 0 Å². The van der Waals surface area contributed by atoms with Gasteiger partial charge < -0.3 is 5.11 Å². The van der Waals surface area contributed by atoms with E-state index in [0.29, 0.717) is 12.0 Å². The van der Waals surface area contributed by atoms with E-state index in [1.807, 2.05) is 5.57 Å². The van der Waals surface area contributed by atoms with E-state index in [1.165, 1.54) is 64.2 Å². The Kier molecular flexibility index (Phi) is 3.30. The Balaban J connectivity index is 1.68. The molecule has 4 aliphatic carbocycles. The molecule has 2 fully saturated rings. The maximum absolute atomic E-state index is 9.86. The van der Waals surface area contributed by atoms with E-state index in [2.05, 4.69) is 13.8 Å². The Labute approximate surface area is 130 Å². The summed E-state index contributed by atoms with van der Waals surface area (Å²) in [5.74, 6) is 2.85. The quantitative estimate of drug-likeness (QED) is 0.666. The fourth-order valence-corrected chi connectivity index (χ4v) is 6.83. The molecule has 1 N–H and O–H groups in total. The van der Waals surface area contributed by atoms with Crippen molar-refractivity contribution in [3.05, 3.63) is 11.1 Å². The standard InChI is InChI=1S/C20H32O/c1-19(13-21)12-10-16-15-7-6-14-5-3-4-11-20(14,2)18(15)9-8-17(16)19/h14-15,18,21H,3-13H2,1-2H3/t14?,15-,18-,19+,20-/m0/s1. The lowest BCUT2D eigenvalue weighted by atomic mass is 9.49. The van der Waals surface area contributed by atoms with Gasteiger partial charge in [-0.15, -0.1) is 0 Å². The Bertz CT molecular complexity index is 464. The Morgan fingerprint density at radius 3 is 2.67 bits per heavy atom.